The van der Waals surface area contributed by atoms with E-state index in [2.05, 4.69) is 15.6 Å². The minimum atomic E-state index is -4.61. The molecule has 1 aromatic rings. The Morgan fingerprint density at radius 3 is 2.74 bits per heavy atom. The molecular formula is C17H24F4IN3O2. The molecule has 0 aromatic heterocycles. The number of rotatable bonds is 7. The first-order valence-electron chi connectivity index (χ1n) is 8.39. The highest BCUT2D eigenvalue weighted by Crippen LogP contribution is 2.32. The van der Waals surface area contributed by atoms with Gasteiger partial charge in [-0.25, -0.2) is 4.39 Å². The van der Waals surface area contributed by atoms with Gasteiger partial charge in [0.2, 0.25) is 0 Å². The van der Waals surface area contributed by atoms with Crippen LogP contribution in [0.25, 0.3) is 0 Å². The van der Waals surface area contributed by atoms with E-state index in [1.54, 1.807) is 0 Å². The molecule has 2 rings (SSSR count). The third-order valence-electron chi connectivity index (χ3n) is 3.90. The third-order valence-corrected chi connectivity index (χ3v) is 3.90. The molecule has 1 fully saturated rings. The van der Waals surface area contributed by atoms with Gasteiger partial charge in [-0.1, -0.05) is 6.07 Å². The summed E-state index contributed by atoms with van der Waals surface area (Å²) in [7, 11) is 1.52. The largest absolute Gasteiger partial charge is 0.416 e. The number of hydrogen-bond acceptors (Lipinski definition) is 3. The number of nitrogens with one attached hydrogen (secondary N) is 2. The average molecular weight is 505 g/mol. The number of benzene rings is 1. The molecule has 0 aliphatic carbocycles. The predicted octanol–water partition coefficient (Wildman–Crippen LogP) is 3.32. The summed E-state index contributed by atoms with van der Waals surface area (Å²) in [5.74, 6) is -0.553. The third kappa shape index (κ3) is 8.18. The number of guanidine groups is 1. The van der Waals surface area contributed by atoms with Crippen LogP contribution in [0.4, 0.5) is 17.6 Å². The lowest BCUT2D eigenvalue weighted by atomic mass is 10.1. The second-order valence-corrected chi connectivity index (χ2v) is 5.86. The van der Waals surface area contributed by atoms with Crippen LogP contribution in [0, 0.1) is 5.82 Å². The highest BCUT2D eigenvalue weighted by Gasteiger charge is 2.33. The molecule has 1 aromatic carbocycles. The van der Waals surface area contributed by atoms with E-state index >= 15 is 0 Å². The molecule has 2 N–H and O–H groups in total. The van der Waals surface area contributed by atoms with Crippen LogP contribution in [-0.2, 0) is 22.2 Å². The lowest BCUT2D eigenvalue weighted by molar-refractivity contribution is -0.138. The number of aliphatic imine (C=N–C) groups is 1. The fourth-order valence-electron chi connectivity index (χ4n) is 2.54. The number of hydrogen-bond donors (Lipinski definition) is 2. The van der Waals surface area contributed by atoms with Gasteiger partial charge in [-0.2, -0.15) is 13.2 Å². The summed E-state index contributed by atoms with van der Waals surface area (Å²) in [4.78, 5) is 3.97. The van der Waals surface area contributed by atoms with E-state index in [0.717, 1.165) is 31.6 Å². The number of ether oxygens (including phenoxy) is 2. The van der Waals surface area contributed by atoms with Crippen molar-refractivity contribution in [2.75, 3.05) is 33.4 Å². The van der Waals surface area contributed by atoms with Gasteiger partial charge in [0.1, 0.15) is 5.82 Å². The first-order valence-corrected chi connectivity index (χ1v) is 8.39. The zero-order valence-corrected chi connectivity index (χ0v) is 17.3. The molecule has 1 atom stereocenters. The van der Waals surface area contributed by atoms with E-state index in [1.807, 2.05) is 0 Å². The Kier molecular flexibility index (Phi) is 10.3. The topological polar surface area (TPSA) is 54.9 Å². The highest BCUT2D eigenvalue weighted by atomic mass is 127. The first kappa shape index (κ1) is 23.9. The summed E-state index contributed by atoms with van der Waals surface area (Å²) < 4.78 is 62.9. The maximum absolute atomic E-state index is 13.1. The van der Waals surface area contributed by atoms with E-state index in [9.17, 15) is 17.6 Å². The molecule has 10 heteroatoms. The summed E-state index contributed by atoms with van der Waals surface area (Å²) in [6.45, 7) is 2.35. The van der Waals surface area contributed by atoms with Crippen LogP contribution in [0.3, 0.4) is 0 Å². The predicted molar refractivity (Wildman–Crippen MR) is 105 cm³/mol. The molecule has 1 aliphatic rings. The second-order valence-electron chi connectivity index (χ2n) is 5.86. The zero-order valence-electron chi connectivity index (χ0n) is 14.9. The van der Waals surface area contributed by atoms with Crippen molar-refractivity contribution in [3.63, 3.8) is 0 Å². The van der Waals surface area contributed by atoms with Gasteiger partial charge in [-0.15, -0.1) is 24.0 Å². The minimum absolute atomic E-state index is 0. The van der Waals surface area contributed by atoms with Crippen molar-refractivity contribution >= 4 is 29.9 Å². The minimum Gasteiger partial charge on any atom is -0.379 e. The SMILES string of the molecule is CN=C(NCCCOC1CCOC1)NCc1ccc(F)cc1C(F)(F)F.I. The molecule has 1 saturated heterocycles. The lowest BCUT2D eigenvalue weighted by Gasteiger charge is -2.16. The van der Waals surface area contributed by atoms with Crippen molar-refractivity contribution in [3.05, 3.63) is 35.1 Å². The second kappa shape index (κ2) is 11.6. The number of alkyl halides is 3. The monoisotopic (exact) mass is 505 g/mol. The van der Waals surface area contributed by atoms with Gasteiger partial charge < -0.3 is 20.1 Å². The van der Waals surface area contributed by atoms with E-state index in [1.165, 1.54) is 7.05 Å². The summed E-state index contributed by atoms with van der Waals surface area (Å²) in [6, 6.07) is 2.62. The fraction of sp³-hybridized carbons (Fsp3) is 0.588. The van der Waals surface area contributed by atoms with Gasteiger partial charge in [0.25, 0.3) is 0 Å². The first-order chi connectivity index (χ1) is 12.4. The molecule has 0 spiro atoms. The van der Waals surface area contributed by atoms with Crippen molar-refractivity contribution in [1.82, 2.24) is 10.6 Å². The van der Waals surface area contributed by atoms with E-state index in [0.29, 0.717) is 31.8 Å². The molecule has 1 unspecified atom stereocenters. The Morgan fingerprint density at radius 1 is 1.33 bits per heavy atom. The van der Waals surface area contributed by atoms with Gasteiger partial charge in [-0.3, -0.25) is 4.99 Å². The van der Waals surface area contributed by atoms with Gasteiger partial charge in [0.15, 0.2) is 5.96 Å². The van der Waals surface area contributed by atoms with Gasteiger partial charge in [-0.05, 0) is 30.5 Å². The fourth-order valence-corrected chi connectivity index (χ4v) is 2.54. The van der Waals surface area contributed by atoms with Gasteiger partial charge >= 0.3 is 6.18 Å². The van der Waals surface area contributed by atoms with Crippen molar-refractivity contribution in [2.24, 2.45) is 4.99 Å². The zero-order chi connectivity index (χ0) is 19.0. The van der Waals surface area contributed by atoms with Crippen LogP contribution in [-0.4, -0.2) is 45.5 Å². The summed E-state index contributed by atoms with van der Waals surface area (Å²) in [5.41, 5.74) is -1.04. The van der Waals surface area contributed by atoms with Crippen LogP contribution in [0.15, 0.2) is 23.2 Å². The van der Waals surface area contributed by atoms with Crippen LogP contribution in [0.5, 0.6) is 0 Å². The molecule has 27 heavy (non-hydrogen) atoms. The molecular weight excluding hydrogens is 481 g/mol. The molecule has 154 valence electrons. The average Bonchev–Trinajstić information content (AvgIpc) is 3.10. The maximum Gasteiger partial charge on any atom is 0.416 e. The molecule has 0 radical (unpaired) electrons. The van der Waals surface area contributed by atoms with E-state index < -0.39 is 17.6 Å². The van der Waals surface area contributed by atoms with Crippen LogP contribution < -0.4 is 10.6 Å². The highest BCUT2D eigenvalue weighted by molar-refractivity contribution is 14.0. The molecule has 0 amide bonds. The van der Waals surface area contributed by atoms with Crippen molar-refractivity contribution in [2.45, 2.75) is 31.7 Å². The Labute approximate surface area is 172 Å². The van der Waals surface area contributed by atoms with Crippen LogP contribution in [0.1, 0.15) is 24.0 Å². The Hall–Kier alpha value is -1.14. The maximum atomic E-state index is 13.1. The van der Waals surface area contributed by atoms with Gasteiger partial charge in [0, 0.05) is 33.4 Å². The van der Waals surface area contributed by atoms with Crippen molar-refractivity contribution in [3.8, 4) is 0 Å². The van der Waals surface area contributed by atoms with Crippen molar-refractivity contribution in [1.29, 1.82) is 0 Å². The quantitative estimate of drug-likeness (QED) is 0.196. The lowest BCUT2D eigenvalue weighted by Crippen LogP contribution is -2.38. The van der Waals surface area contributed by atoms with Crippen LogP contribution in [0.2, 0.25) is 0 Å². The Bertz CT molecular complexity index is 608. The Morgan fingerprint density at radius 2 is 2.11 bits per heavy atom. The van der Waals surface area contributed by atoms with Gasteiger partial charge in [0.05, 0.1) is 18.3 Å². The number of halogens is 5. The Balaban J connectivity index is 0.00000364. The molecule has 0 saturated carbocycles. The normalized spacial score (nSPS) is 17.5. The van der Waals surface area contributed by atoms with E-state index in [-0.39, 0.29) is 42.2 Å². The number of nitrogens with zero attached hydrogens (tertiary/aromatic N) is 1. The molecule has 5 nitrogen and oxygen atoms in total. The summed E-state index contributed by atoms with van der Waals surface area (Å²) in [5, 5.41) is 5.81. The van der Waals surface area contributed by atoms with Crippen LogP contribution >= 0.6 is 24.0 Å². The standard InChI is InChI=1S/C17H23F4N3O2.HI/c1-22-16(23-6-2-7-26-14-5-8-25-11-14)24-10-12-3-4-13(18)9-15(12)17(19,20)21;/h3-4,9,14H,2,5-8,10-11H2,1H3,(H2,22,23,24);1H. The van der Waals surface area contributed by atoms with E-state index in [4.69, 9.17) is 9.47 Å². The molecule has 0 bridgehead atoms. The van der Waals surface area contributed by atoms with Crippen molar-refractivity contribution < 1.29 is 27.0 Å². The smallest absolute Gasteiger partial charge is 0.379 e. The summed E-state index contributed by atoms with van der Waals surface area (Å²) in [6.07, 6.45) is -2.85. The molecule has 1 aliphatic heterocycles. The molecule has 1 heterocycles. The summed E-state index contributed by atoms with van der Waals surface area (Å²) >= 11 is 0.